The number of ether oxygens (including phenoxy) is 1. The summed E-state index contributed by atoms with van der Waals surface area (Å²) in [5, 5.41) is 8.25. The molecule has 0 saturated heterocycles. The molecule has 0 aliphatic heterocycles. The summed E-state index contributed by atoms with van der Waals surface area (Å²) in [6.45, 7) is -0.0140. The maximum absolute atomic E-state index is 10.5. The van der Waals surface area contributed by atoms with Gasteiger partial charge >= 0.3 is 0 Å². The van der Waals surface area contributed by atoms with Crippen LogP contribution in [0.2, 0.25) is 0 Å². The normalized spacial score (nSPS) is 8.92. The van der Waals surface area contributed by atoms with E-state index in [2.05, 4.69) is 15.9 Å². The second kappa shape index (κ2) is 4.63. The molecular formula is C9H6BrNO2. The quantitative estimate of drug-likeness (QED) is 0.760. The zero-order valence-corrected chi connectivity index (χ0v) is 8.24. The lowest BCUT2D eigenvalue weighted by Gasteiger charge is -2.02. The van der Waals surface area contributed by atoms with Crippen LogP contribution in [0.3, 0.4) is 0 Å². The fourth-order valence-corrected chi connectivity index (χ4v) is 1.16. The molecule has 0 aromatic heterocycles. The van der Waals surface area contributed by atoms with Crippen molar-refractivity contribution < 1.29 is 9.53 Å². The number of hydrogen-bond donors (Lipinski definition) is 0. The Morgan fingerprint density at radius 3 is 3.00 bits per heavy atom. The highest BCUT2D eigenvalue weighted by Crippen LogP contribution is 2.20. The van der Waals surface area contributed by atoms with Crippen LogP contribution in [0.5, 0.6) is 5.75 Å². The van der Waals surface area contributed by atoms with Gasteiger partial charge in [0.15, 0.2) is 12.9 Å². The van der Waals surface area contributed by atoms with Gasteiger partial charge in [0.25, 0.3) is 0 Å². The van der Waals surface area contributed by atoms with Crippen molar-refractivity contribution in [3.8, 4) is 11.8 Å². The minimum Gasteiger partial charge on any atom is -0.479 e. The summed E-state index contributed by atoms with van der Waals surface area (Å²) in [6.07, 6.45) is 0.726. The van der Waals surface area contributed by atoms with E-state index in [-0.39, 0.29) is 6.61 Å². The maximum Gasteiger partial charge on any atom is 0.174 e. The average molecular weight is 240 g/mol. The maximum atomic E-state index is 10.5. The fraction of sp³-hybridized carbons (Fsp3) is 0.111. The number of rotatable bonds is 3. The van der Waals surface area contributed by atoms with Crippen molar-refractivity contribution >= 4 is 22.2 Å². The molecule has 0 aliphatic carbocycles. The molecule has 0 spiro atoms. The highest BCUT2D eigenvalue weighted by Gasteiger charge is 2.00. The van der Waals surface area contributed by atoms with Crippen molar-refractivity contribution in [1.29, 1.82) is 5.26 Å². The second-order valence-electron chi connectivity index (χ2n) is 2.25. The number of nitriles is 1. The molecule has 13 heavy (non-hydrogen) atoms. The van der Waals surface area contributed by atoms with Crippen LogP contribution in [0.25, 0.3) is 0 Å². The van der Waals surface area contributed by atoms with E-state index in [1.165, 1.54) is 0 Å². The zero-order valence-electron chi connectivity index (χ0n) is 6.66. The van der Waals surface area contributed by atoms with Crippen molar-refractivity contribution in [3.05, 3.63) is 28.2 Å². The molecule has 4 heteroatoms. The van der Waals surface area contributed by atoms with E-state index >= 15 is 0 Å². The van der Waals surface area contributed by atoms with Gasteiger partial charge < -0.3 is 4.74 Å². The van der Waals surface area contributed by atoms with Crippen molar-refractivity contribution in [2.45, 2.75) is 0 Å². The number of halogens is 1. The first-order valence-electron chi connectivity index (χ1n) is 3.52. The Labute approximate surface area is 84.1 Å². The SMILES string of the molecule is N#CCOc1ccc(Br)c(C=O)c1. The lowest BCUT2D eigenvalue weighted by atomic mass is 10.2. The number of aldehydes is 1. The smallest absolute Gasteiger partial charge is 0.174 e. The molecule has 0 fully saturated rings. The minimum atomic E-state index is -0.0140. The Hall–Kier alpha value is -1.34. The standard InChI is InChI=1S/C9H6BrNO2/c10-9-2-1-8(13-4-3-11)5-7(9)6-12/h1-2,5-6H,4H2. The molecule has 1 aromatic rings. The highest BCUT2D eigenvalue weighted by atomic mass is 79.9. The molecule has 0 heterocycles. The molecule has 0 amide bonds. The number of benzene rings is 1. The number of carbonyl (C=O) groups excluding carboxylic acids is 1. The fourth-order valence-electron chi connectivity index (χ4n) is 0.818. The molecule has 0 atom stereocenters. The first-order valence-corrected chi connectivity index (χ1v) is 4.31. The third-order valence-electron chi connectivity index (χ3n) is 1.40. The molecule has 0 aliphatic rings. The van der Waals surface area contributed by atoms with E-state index in [9.17, 15) is 4.79 Å². The summed E-state index contributed by atoms with van der Waals surface area (Å²) >= 11 is 3.21. The van der Waals surface area contributed by atoms with Gasteiger partial charge in [-0.05, 0) is 18.2 Å². The second-order valence-corrected chi connectivity index (χ2v) is 3.10. The van der Waals surface area contributed by atoms with Gasteiger partial charge in [0, 0.05) is 10.0 Å². The van der Waals surface area contributed by atoms with E-state index < -0.39 is 0 Å². The summed E-state index contributed by atoms with van der Waals surface area (Å²) in [4.78, 5) is 10.5. The van der Waals surface area contributed by atoms with Crippen LogP contribution in [-0.2, 0) is 0 Å². The summed E-state index contributed by atoms with van der Waals surface area (Å²) in [6, 6.07) is 6.82. The molecule has 3 nitrogen and oxygen atoms in total. The third-order valence-corrected chi connectivity index (χ3v) is 2.12. The van der Waals surface area contributed by atoms with Gasteiger partial charge in [0.05, 0.1) is 0 Å². The Bertz CT molecular complexity index is 357. The average Bonchev–Trinajstić information content (AvgIpc) is 2.16. The topological polar surface area (TPSA) is 50.1 Å². The van der Waals surface area contributed by atoms with Crippen LogP contribution in [0, 0.1) is 11.3 Å². The van der Waals surface area contributed by atoms with Crippen LogP contribution < -0.4 is 4.74 Å². The summed E-state index contributed by atoms with van der Waals surface area (Å²) < 4.78 is 5.73. The Morgan fingerprint density at radius 1 is 1.62 bits per heavy atom. The largest absolute Gasteiger partial charge is 0.479 e. The summed E-state index contributed by atoms with van der Waals surface area (Å²) in [7, 11) is 0. The Balaban J connectivity index is 2.87. The van der Waals surface area contributed by atoms with Crippen LogP contribution in [0.15, 0.2) is 22.7 Å². The third kappa shape index (κ3) is 2.56. The molecule has 1 rings (SSSR count). The molecule has 0 radical (unpaired) electrons. The lowest BCUT2D eigenvalue weighted by Crippen LogP contribution is -1.94. The summed E-state index contributed by atoms with van der Waals surface area (Å²) in [5.74, 6) is 0.520. The van der Waals surface area contributed by atoms with Gasteiger partial charge in [-0.15, -0.1) is 0 Å². The molecule has 0 bridgehead atoms. The van der Waals surface area contributed by atoms with E-state index in [1.807, 2.05) is 6.07 Å². The minimum absolute atomic E-state index is 0.0140. The highest BCUT2D eigenvalue weighted by molar-refractivity contribution is 9.10. The first-order chi connectivity index (χ1) is 6.27. The van der Waals surface area contributed by atoms with Gasteiger partial charge in [0.1, 0.15) is 11.8 Å². The van der Waals surface area contributed by atoms with Crippen LogP contribution >= 0.6 is 15.9 Å². The number of nitrogens with zero attached hydrogens (tertiary/aromatic N) is 1. The van der Waals surface area contributed by atoms with Crippen molar-refractivity contribution in [3.63, 3.8) is 0 Å². The van der Waals surface area contributed by atoms with Crippen LogP contribution in [0.4, 0.5) is 0 Å². The molecule has 0 N–H and O–H groups in total. The van der Waals surface area contributed by atoms with Crippen molar-refractivity contribution in [1.82, 2.24) is 0 Å². The Morgan fingerprint density at radius 2 is 2.38 bits per heavy atom. The van der Waals surface area contributed by atoms with Gasteiger partial charge in [-0.25, -0.2) is 0 Å². The zero-order chi connectivity index (χ0) is 9.68. The van der Waals surface area contributed by atoms with Gasteiger partial charge in [-0.1, -0.05) is 15.9 Å². The Kier molecular flexibility index (Phi) is 3.47. The molecule has 66 valence electrons. The van der Waals surface area contributed by atoms with E-state index in [4.69, 9.17) is 10.00 Å². The van der Waals surface area contributed by atoms with Crippen LogP contribution in [-0.4, -0.2) is 12.9 Å². The monoisotopic (exact) mass is 239 g/mol. The van der Waals surface area contributed by atoms with E-state index in [0.717, 1.165) is 6.29 Å². The van der Waals surface area contributed by atoms with Gasteiger partial charge in [-0.3, -0.25) is 4.79 Å². The number of hydrogen-bond acceptors (Lipinski definition) is 3. The van der Waals surface area contributed by atoms with Crippen LogP contribution in [0.1, 0.15) is 10.4 Å². The molecule has 1 aromatic carbocycles. The predicted octanol–water partition coefficient (Wildman–Crippen LogP) is 2.16. The van der Waals surface area contributed by atoms with Gasteiger partial charge in [-0.2, -0.15) is 5.26 Å². The summed E-state index contributed by atoms with van der Waals surface area (Å²) in [5.41, 5.74) is 0.510. The molecule has 0 unspecified atom stereocenters. The molecule has 0 saturated carbocycles. The number of carbonyl (C=O) groups is 1. The van der Waals surface area contributed by atoms with Gasteiger partial charge in [0.2, 0.25) is 0 Å². The predicted molar refractivity (Wildman–Crippen MR) is 50.6 cm³/mol. The van der Waals surface area contributed by atoms with Crippen molar-refractivity contribution in [2.24, 2.45) is 0 Å². The van der Waals surface area contributed by atoms with E-state index in [0.29, 0.717) is 15.8 Å². The first kappa shape index (κ1) is 9.75. The van der Waals surface area contributed by atoms with E-state index in [1.54, 1.807) is 18.2 Å². The van der Waals surface area contributed by atoms with Crippen molar-refractivity contribution in [2.75, 3.05) is 6.61 Å². The lowest BCUT2D eigenvalue weighted by molar-refractivity contribution is 0.112. The molecular weight excluding hydrogens is 234 g/mol.